The van der Waals surface area contributed by atoms with Gasteiger partial charge in [0.2, 0.25) is 17.8 Å². The third-order valence-electron chi connectivity index (χ3n) is 2.59. The molecule has 0 radical (unpaired) electrons. The highest BCUT2D eigenvalue weighted by atomic mass is 35.5. The van der Waals surface area contributed by atoms with E-state index >= 15 is 0 Å². The van der Waals surface area contributed by atoms with Crippen molar-refractivity contribution in [1.82, 2.24) is 15.0 Å². The predicted molar refractivity (Wildman–Crippen MR) is 97.1 cm³/mol. The van der Waals surface area contributed by atoms with Crippen molar-refractivity contribution in [2.24, 2.45) is 0 Å². The maximum absolute atomic E-state index is 6.01. The fourth-order valence-electron chi connectivity index (χ4n) is 1.83. The van der Waals surface area contributed by atoms with Gasteiger partial charge in [0, 0.05) is 27.8 Å². The fraction of sp³-hybridized carbons (Fsp3) is 0.400. The molecule has 124 valence electrons. The summed E-state index contributed by atoms with van der Waals surface area (Å²) in [7, 11) is 0. The average Bonchev–Trinajstić information content (AvgIpc) is 2.34. The molecule has 0 saturated carbocycles. The van der Waals surface area contributed by atoms with Crippen molar-refractivity contribution in [2.45, 2.75) is 39.8 Å². The molecule has 1 heterocycles. The summed E-state index contributed by atoms with van der Waals surface area (Å²) in [5.41, 5.74) is 0.708. The van der Waals surface area contributed by atoms with Gasteiger partial charge in [0.05, 0.1) is 0 Å². The van der Waals surface area contributed by atoms with Gasteiger partial charge in [0.15, 0.2) is 0 Å². The van der Waals surface area contributed by atoms with Crippen LogP contribution >= 0.6 is 23.2 Å². The maximum Gasteiger partial charge on any atom is 0.233 e. The van der Waals surface area contributed by atoms with Crippen LogP contribution in [0.15, 0.2) is 18.2 Å². The van der Waals surface area contributed by atoms with Crippen molar-refractivity contribution in [2.75, 3.05) is 16.0 Å². The van der Waals surface area contributed by atoms with Crippen molar-refractivity contribution < 1.29 is 0 Å². The Morgan fingerprint density at radius 2 is 1.17 bits per heavy atom. The summed E-state index contributed by atoms with van der Waals surface area (Å²) in [4.78, 5) is 13.1. The van der Waals surface area contributed by atoms with Crippen molar-refractivity contribution in [1.29, 1.82) is 0 Å². The number of halogens is 2. The monoisotopic (exact) mass is 354 g/mol. The first-order valence-electron chi connectivity index (χ1n) is 7.34. The molecule has 8 heteroatoms. The van der Waals surface area contributed by atoms with Gasteiger partial charge in [-0.25, -0.2) is 0 Å². The lowest BCUT2D eigenvalue weighted by molar-refractivity contribution is 0.847. The lowest BCUT2D eigenvalue weighted by Gasteiger charge is -2.14. The first kappa shape index (κ1) is 17.6. The fourth-order valence-corrected chi connectivity index (χ4v) is 2.36. The Hall–Kier alpha value is -1.79. The number of hydrogen-bond donors (Lipinski definition) is 3. The summed E-state index contributed by atoms with van der Waals surface area (Å²) >= 11 is 12.0. The van der Waals surface area contributed by atoms with Gasteiger partial charge in [-0.2, -0.15) is 15.0 Å². The minimum atomic E-state index is 0.206. The Morgan fingerprint density at radius 1 is 0.739 bits per heavy atom. The molecule has 0 amide bonds. The molecule has 1 aromatic heterocycles. The highest BCUT2D eigenvalue weighted by molar-refractivity contribution is 6.35. The van der Waals surface area contributed by atoms with Gasteiger partial charge >= 0.3 is 0 Å². The second-order valence-corrected chi connectivity index (χ2v) is 6.56. The molecule has 0 aliphatic carbocycles. The number of aromatic nitrogens is 3. The van der Waals surface area contributed by atoms with Crippen LogP contribution in [-0.2, 0) is 0 Å². The van der Waals surface area contributed by atoms with Crippen LogP contribution < -0.4 is 16.0 Å². The summed E-state index contributed by atoms with van der Waals surface area (Å²) in [6.45, 7) is 8.07. The molecule has 0 atom stereocenters. The van der Waals surface area contributed by atoms with Gasteiger partial charge in [-0.05, 0) is 45.9 Å². The third kappa shape index (κ3) is 5.73. The molecule has 0 bridgehead atoms. The highest BCUT2D eigenvalue weighted by Gasteiger charge is 2.09. The number of hydrogen-bond acceptors (Lipinski definition) is 6. The topological polar surface area (TPSA) is 74.8 Å². The van der Waals surface area contributed by atoms with E-state index in [4.69, 9.17) is 23.2 Å². The minimum Gasteiger partial charge on any atom is -0.352 e. The quantitative estimate of drug-likeness (QED) is 0.705. The molecule has 0 saturated heterocycles. The molecule has 0 aliphatic heterocycles. The Kier molecular flexibility index (Phi) is 5.85. The van der Waals surface area contributed by atoms with Crippen LogP contribution in [0, 0.1) is 0 Å². The van der Waals surface area contributed by atoms with Crippen LogP contribution in [0.25, 0.3) is 0 Å². The first-order valence-corrected chi connectivity index (χ1v) is 8.09. The van der Waals surface area contributed by atoms with Crippen LogP contribution in [0.5, 0.6) is 0 Å². The van der Waals surface area contributed by atoms with E-state index in [2.05, 4.69) is 30.9 Å². The average molecular weight is 355 g/mol. The van der Waals surface area contributed by atoms with E-state index in [0.717, 1.165) is 0 Å². The number of rotatable bonds is 6. The van der Waals surface area contributed by atoms with Crippen molar-refractivity contribution in [3.63, 3.8) is 0 Å². The molecule has 2 rings (SSSR count). The van der Waals surface area contributed by atoms with Crippen LogP contribution in [0.2, 0.25) is 10.0 Å². The van der Waals surface area contributed by atoms with Gasteiger partial charge in [-0.3, -0.25) is 0 Å². The third-order valence-corrected chi connectivity index (χ3v) is 3.03. The van der Waals surface area contributed by atoms with E-state index in [1.807, 2.05) is 27.7 Å². The SMILES string of the molecule is CC(C)Nc1nc(Nc2cc(Cl)cc(Cl)c2)nc(NC(C)C)n1. The smallest absolute Gasteiger partial charge is 0.233 e. The molecular formula is C15H20Cl2N6. The van der Waals surface area contributed by atoms with Crippen LogP contribution in [0.4, 0.5) is 23.5 Å². The molecule has 0 aliphatic rings. The molecule has 23 heavy (non-hydrogen) atoms. The minimum absolute atomic E-state index is 0.206. The van der Waals surface area contributed by atoms with Crippen LogP contribution in [-0.4, -0.2) is 27.0 Å². The van der Waals surface area contributed by atoms with E-state index in [9.17, 15) is 0 Å². The Morgan fingerprint density at radius 3 is 1.61 bits per heavy atom. The number of benzene rings is 1. The van der Waals surface area contributed by atoms with Crippen LogP contribution in [0.3, 0.4) is 0 Å². The summed E-state index contributed by atoms with van der Waals surface area (Å²) in [5.74, 6) is 1.40. The predicted octanol–water partition coefficient (Wildman–Crippen LogP) is 4.56. The van der Waals surface area contributed by atoms with E-state index in [-0.39, 0.29) is 12.1 Å². The highest BCUT2D eigenvalue weighted by Crippen LogP contribution is 2.24. The van der Waals surface area contributed by atoms with Gasteiger partial charge in [-0.15, -0.1) is 0 Å². The molecule has 0 unspecified atom stereocenters. The van der Waals surface area contributed by atoms with Gasteiger partial charge in [0.25, 0.3) is 0 Å². The first-order chi connectivity index (χ1) is 10.8. The normalized spacial score (nSPS) is 11.0. The summed E-state index contributed by atoms with van der Waals surface area (Å²) < 4.78 is 0. The zero-order chi connectivity index (χ0) is 17.0. The lowest BCUT2D eigenvalue weighted by atomic mass is 10.3. The molecule has 6 nitrogen and oxygen atoms in total. The van der Waals surface area contributed by atoms with Gasteiger partial charge in [0.1, 0.15) is 0 Å². The van der Waals surface area contributed by atoms with Crippen molar-refractivity contribution in [3.8, 4) is 0 Å². The molecule has 3 N–H and O–H groups in total. The molecule has 0 fully saturated rings. The van der Waals surface area contributed by atoms with E-state index in [1.165, 1.54) is 0 Å². The number of anilines is 4. The second-order valence-electron chi connectivity index (χ2n) is 5.69. The standard InChI is InChI=1S/C15H20Cl2N6/c1-8(2)18-13-21-14(19-9(3)4)23-15(22-13)20-12-6-10(16)5-11(17)7-12/h5-9H,1-4H3,(H3,18,19,20,21,22,23). The summed E-state index contributed by atoms with van der Waals surface area (Å²) in [6.07, 6.45) is 0. The zero-order valence-electron chi connectivity index (χ0n) is 13.5. The van der Waals surface area contributed by atoms with E-state index in [0.29, 0.717) is 33.6 Å². The lowest BCUT2D eigenvalue weighted by Crippen LogP contribution is -2.18. The number of nitrogens with one attached hydrogen (secondary N) is 3. The summed E-state index contributed by atoms with van der Waals surface area (Å²) in [5, 5.41) is 10.5. The largest absolute Gasteiger partial charge is 0.352 e. The van der Waals surface area contributed by atoms with E-state index < -0.39 is 0 Å². The molecule has 2 aromatic rings. The van der Waals surface area contributed by atoms with E-state index in [1.54, 1.807) is 18.2 Å². The van der Waals surface area contributed by atoms with Gasteiger partial charge < -0.3 is 16.0 Å². The summed E-state index contributed by atoms with van der Waals surface area (Å²) in [6, 6.07) is 5.58. The second kappa shape index (κ2) is 7.66. The Labute approximate surface area is 146 Å². The molecular weight excluding hydrogens is 335 g/mol. The Balaban J connectivity index is 2.31. The van der Waals surface area contributed by atoms with Crippen molar-refractivity contribution >= 4 is 46.7 Å². The zero-order valence-corrected chi connectivity index (χ0v) is 15.0. The molecule has 1 aromatic carbocycles. The van der Waals surface area contributed by atoms with Crippen LogP contribution in [0.1, 0.15) is 27.7 Å². The Bertz CT molecular complexity index is 627. The van der Waals surface area contributed by atoms with Gasteiger partial charge in [-0.1, -0.05) is 23.2 Å². The van der Waals surface area contributed by atoms with Crippen molar-refractivity contribution in [3.05, 3.63) is 28.2 Å². The maximum atomic E-state index is 6.01. The number of nitrogens with zero attached hydrogens (tertiary/aromatic N) is 3. The molecule has 0 spiro atoms.